The molecule has 2 aromatic heterocycles. The maximum absolute atomic E-state index is 5.34. The van der Waals surface area contributed by atoms with Gasteiger partial charge in [-0.3, -0.25) is 9.98 Å². The zero-order valence-electron chi connectivity index (χ0n) is 28.6. The molecule has 8 rings (SSSR count). The van der Waals surface area contributed by atoms with Gasteiger partial charge >= 0.3 is 0 Å². The van der Waals surface area contributed by atoms with Crippen molar-refractivity contribution in [2.75, 3.05) is 0 Å². The van der Waals surface area contributed by atoms with Gasteiger partial charge in [0.15, 0.2) is 0 Å². The van der Waals surface area contributed by atoms with Gasteiger partial charge in [0, 0.05) is 40.3 Å². The number of aryl methyl sites for hydroxylation is 4. The number of hydrogen-bond acceptors (Lipinski definition) is 2. The molecule has 236 valence electrons. The highest BCUT2D eigenvalue weighted by Crippen LogP contribution is 2.42. The second-order valence-corrected chi connectivity index (χ2v) is 13.6. The van der Waals surface area contributed by atoms with E-state index >= 15 is 0 Å². The summed E-state index contributed by atoms with van der Waals surface area (Å²) in [6.45, 7) is 13.4. The van der Waals surface area contributed by atoms with Crippen LogP contribution in [0.15, 0.2) is 92.2 Å². The Hall–Kier alpha value is -4.70. The molecule has 4 aromatic rings. The summed E-state index contributed by atoms with van der Waals surface area (Å²) in [5.74, 6) is 0. The van der Waals surface area contributed by atoms with Crippen molar-refractivity contribution in [1.82, 2.24) is 9.97 Å². The molecule has 47 heavy (non-hydrogen) atoms. The molecule has 2 aromatic carbocycles. The van der Waals surface area contributed by atoms with Gasteiger partial charge in [-0.25, -0.2) is 0 Å². The summed E-state index contributed by atoms with van der Waals surface area (Å²) < 4.78 is 0. The summed E-state index contributed by atoms with van der Waals surface area (Å²) in [5.41, 5.74) is 25.9. The molecule has 0 atom stereocenters. The van der Waals surface area contributed by atoms with Crippen molar-refractivity contribution in [3.63, 3.8) is 0 Å². The molecular formula is C43H44N4. The van der Waals surface area contributed by atoms with Crippen molar-refractivity contribution < 1.29 is 0 Å². The third kappa shape index (κ3) is 4.80. The predicted octanol–water partition coefficient (Wildman–Crippen LogP) is 10.6. The van der Waals surface area contributed by atoms with E-state index in [2.05, 4.69) is 112 Å². The Morgan fingerprint density at radius 1 is 0.596 bits per heavy atom. The number of allylic oxidation sites excluding steroid dienone is 4. The van der Waals surface area contributed by atoms with Gasteiger partial charge in [-0.05, 0) is 134 Å². The number of aromatic amines is 2. The molecule has 2 aliphatic heterocycles. The van der Waals surface area contributed by atoms with Gasteiger partial charge in [-0.15, -0.1) is 0 Å². The summed E-state index contributed by atoms with van der Waals surface area (Å²) in [6, 6.07) is 17.8. The molecule has 2 aliphatic carbocycles. The Labute approximate surface area is 278 Å². The third-order valence-corrected chi connectivity index (χ3v) is 11.0. The molecule has 0 amide bonds. The molecule has 4 nitrogen and oxygen atoms in total. The highest BCUT2D eigenvalue weighted by molar-refractivity contribution is 6.21. The molecule has 0 fully saturated rings. The number of hydrogen-bond donors (Lipinski definition) is 2. The first-order chi connectivity index (χ1) is 22.9. The van der Waals surface area contributed by atoms with Crippen LogP contribution in [0.1, 0.15) is 92.0 Å². The highest BCUT2D eigenvalue weighted by Gasteiger charge is 2.29. The molecule has 0 saturated heterocycles. The van der Waals surface area contributed by atoms with E-state index in [0.717, 1.165) is 67.8 Å². The lowest BCUT2D eigenvalue weighted by Crippen LogP contribution is -2.10. The Morgan fingerprint density at radius 2 is 1.02 bits per heavy atom. The molecule has 4 heteroatoms. The summed E-state index contributed by atoms with van der Waals surface area (Å²) in [5, 5.41) is 0. The zero-order valence-corrected chi connectivity index (χ0v) is 28.6. The van der Waals surface area contributed by atoms with Crippen LogP contribution < -0.4 is 0 Å². The Morgan fingerprint density at radius 3 is 1.45 bits per heavy atom. The van der Waals surface area contributed by atoms with E-state index in [9.17, 15) is 0 Å². The molecule has 0 radical (unpaired) electrons. The Kier molecular flexibility index (Phi) is 7.28. The van der Waals surface area contributed by atoms with Gasteiger partial charge in [-0.1, -0.05) is 62.4 Å². The number of H-pyrrole nitrogens is 2. The first-order valence-corrected chi connectivity index (χ1v) is 17.4. The predicted molar refractivity (Wildman–Crippen MR) is 198 cm³/mol. The van der Waals surface area contributed by atoms with Crippen molar-refractivity contribution in [2.45, 2.75) is 86.5 Å². The van der Waals surface area contributed by atoms with E-state index in [4.69, 9.17) is 9.98 Å². The molecule has 0 bridgehead atoms. The Balaban J connectivity index is 1.16. The van der Waals surface area contributed by atoms with E-state index in [1.54, 1.807) is 0 Å². The SMILES string of the molecule is CCC1=C(C)/C(=C/c2[nH]c(C)c3c2-c2ccccc2CC3)N=C1CC1=N/C(=C\c2[nH]c(C)c3c2-c2ccccc2CC3)C(C)=C1CC. The van der Waals surface area contributed by atoms with Crippen molar-refractivity contribution in [3.05, 3.63) is 127 Å². The molecule has 4 aliphatic rings. The summed E-state index contributed by atoms with van der Waals surface area (Å²) in [4.78, 5) is 18.1. The lowest BCUT2D eigenvalue weighted by Gasteiger charge is -2.17. The van der Waals surface area contributed by atoms with Crippen LogP contribution in [0.2, 0.25) is 0 Å². The standard InChI is InChI=1S/C43H44N4/c1-7-30-24(3)36(21-40-42-32(26(5)44-40)19-17-28-13-9-11-15-34(28)42)46-38(30)23-39-31(8-2)25(4)37(47-39)22-41-43-33(27(6)45-41)20-18-29-14-10-12-16-35(29)43/h9-16,21-22,44-45H,7-8,17-20,23H2,1-6H3/b36-21-,37-22-. The van der Waals surface area contributed by atoms with Gasteiger partial charge < -0.3 is 9.97 Å². The number of nitrogens with one attached hydrogen (secondary N) is 2. The molecule has 0 spiro atoms. The number of nitrogens with zero attached hydrogens (tertiary/aromatic N) is 2. The topological polar surface area (TPSA) is 56.3 Å². The van der Waals surface area contributed by atoms with Gasteiger partial charge in [-0.2, -0.15) is 0 Å². The summed E-state index contributed by atoms with van der Waals surface area (Å²) in [6.07, 6.45) is 11.6. The van der Waals surface area contributed by atoms with E-state index in [0.29, 0.717) is 0 Å². The van der Waals surface area contributed by atoms with Crippen molar-refractivity contribution >= 4 is 23.6 Å². The van der Waals surface area contributed by atoms with E-state index in [1.165, 1.54) is 89.6 Å². The maximum Gasteiger partial charge on any atom is 0.0686 e. The maximum atomic E-state index is 5.34. The van der Waals surface area contributed by atoms with Crippen LogP contribution in [0, 0.1) is 13.8 Å². The number of aliphatic imine (C=N–C) groups is 2. The number of rotatable bonds is 6. The van der Waals surface area contributed by atoms with Crippen LogP contribution in [0.3, 0.4) is 0 Å². The third-order valence-electron chi connectivity index (χ3n) is 11.0. The normalized spacial score (nSPS) is 18.5. The average Bonchev–Trinajstić information content (AvgIpc) is 3.77. The fraction of sp³-hybridized carbons (Fsp3) is 0.302. The van der Waals surface area contributed by atoms with Gasteiger partial charge in [0.25, 0.3) is 0 Å². The largest absolute Gasteiger partial charge is 0.358 e. The minimum absolute atomic E-state index is 0.755. The van der Waals surface area contributed by atoms with Crippen molar-refractivity contribution in [2.24, 2.45) is 9.98 Å². The van der Waals surface area contributed by atoms with Crippen LogP contribution >= 0.6 is 0 Å². The highest BCUT2D eigenvalue weighted by atomic mass is 14.9. The van der Waals surface area contributed by atoms with E-state index in [-0.39, 0.29) is 0 Å². The first-order valence-electron chi connectivity index (χ1n) is 17.4. The fourth-order valence-electron chi connectivity index (χ4n) is 8.60. The quantitative estimate of drug-likeness (QED) is 0.217. The van der Waals surface area contributed by atoms with Gasteiger partial charge in [0.2, 0.25) is 0 Å². The average molecular weight is 617 g/mol. The van der Waals surface area contributed by atoms with Crippen molar-refractivity contribution in [1.29, 1.82) is 0 Å². The van der Waals surface area contributed by atoms with Crippen molar-refractivity contribution in [3.8, 4) is 22.3 Å². The number of aromatic nitrogens is 2. The number of benzene rings is 2. The molecular weight excluding hydrogens is 573 g/mol. The monoisotopic (exact) mass is 616 g/mol. The lowest BCUT2D eigenvalue weighted by atomic mass is 9.85. The number of fused-ring (bicyclic) bond motifs is 6. The molecule has 4 heterocycles. The summed E-state index contributed by atoms with van der Waals surface area (Å²) >= 11 is 0. The smallest absolute Gasteiger partial charge is 0.0686 e. The first kappa shape index (κ1) is 29.7. The van der Waals surface area contributed by atoms with Crippen LogP contribution in [0.4, 0.5) is 0 Å². The Bertz CT molecular complexity index is 2010. The molecule has 0 saturated carbocycles. The van der Waals surface area contributed by atoms with E-state index < -0.39 is 0 Å². The van der Waals surface area contributed by atoms with E-state index in [1.807, 2.05) is 0 Å². The second kappa shape index (κ2) is 11.5. The van der Waals surface area contributed by atoms with Crippen LogP contribution in [0.5, 0.6) is 0 Å². The second-order valence-electron chi connectivity index (χ2n) is 13.6. The minimum Gasteiger partial charge on any atom is -0.358 e. The zero-order chi connectivity index (χ0) is 32.4. The van der Waals surface area contributed by atoms with Crippen LogP contribution in [-0.2, 0) is 25.7 Å². The molecule has 0 unspecified atom stereocenters. The minimum atomic E-state index is 0.755. The fourth-order valence-corrected chi connectivity index (χ4v) is 8.60. The summed E-state index contributed by atoms with van der Waals surface area (Å²) in [7, 11) is 0. The van der Waals surface area contributed by atoms with Gasteiger partial charge in [0.1, 0.15) is 0 Å². The molecule has 2 N–H and O–H groups in total. The lowest BCUT2D eigenvalue weighted by molar-refractivity contribution is 0.933. The van der Waals surface area contributed by atoms with Crippen LogP contribution in [-0.4, -0.2) is 21.4 Å². The van der Waals surface area contributed by atoms with Gasteiger partial charge in [0.05, 0.1) is 22.8 Å². The van der Waals surface area contributed by atoms with Crippen LogP contribution in [0.25, 0.3) is 34.4 Å².